The first-order chi connectivity index (χ1) is 8.67. The molecule has 2 rings (SSSR count). The van der Waals surface area contributed by atoms with E-state index in [1.807, 2.05) is 12.4 Å². The Labute approximate surface area is 109 Å². The monoisotopic (exact) mass is 243 g/mol. The topological polar surface area (TPSA) is 30.7 Å². The van der Waals surface area contributed by atoms with Gasteiger partial charge in [-0.05, 0) is 37.0 Å². The van der Waals surface area contributed by atoms with Crippen LogP contribution in [0.3, 0.4) is 0 Å². The largest absolute Gasteiger partial charge is 0.265 e. The van der Waals surface area contributed by atoms with E-state index >= 15 is 0 Å². The zero-order valence-electron chi connectivity index (χ0n) is 11.6. The molecule has 2 heterocycles. The van der Waals surface area contributed by atoms with Crippen molar-refractivity contribution in [1.82, 2.24) is 14.8 Å². The van der Waals surface area contributed by atoms with Gasteiger partial charge >= 0.3 is 0 Å². The van der Waals surface area contributed by atoms with E-state index in [0.29, 0.717) is 5.92 Å². The molecular weight excluding hydrogens is 222 g/mol. The number of nitrogens with zero attached hydrogens (tertiary/aromatic N) is 3. The average molecular weight is 243 g/mol. The van der Waals surface area contributed by atoms with E-state index in [1.165, 1.54) is 16.8 Å². The van der Waals surface area contributed by atoms with Crippen LogP contribution >= 0.6 is 0 Å². The lowest BCUT2D eigenvalue weighted by Gasteiger charge is -2.12. The van der Waals surface area contributed by atoms with Gasteiger partial charge in [0.15, 0.2) is 0 Å². The Morgan fingerprint density at radius 2 is 2.06 bits per heavy atom. The van der Waals surface area contributed by atoms with Crippen LogP contribution in [-0.4, -0.2) is 14.8 Å². The number of hydrogen-bond acceptors (Lipinski definition) is 2. The van der Waals surface area contributed by atoms with Crippen molar-refractivity contribution in [1.29, 1.82) is 0 Å². The summed E-state index contributed by atoms with van der Waals surface area (Å²) in [6, 6.07) is 4.30. The normalized spacial score (nSPS) is 11.2. The van der Waals surface area contributed by atoms with Gasteiger partial charge in [-0.1, -0.05) is 20.8 Å². The predicted octanol–water partition coefficient (Wildman–Crippen LogP) is 3.65. The summed E-state index contributed by atoms with van der Waals surface area (Å²) in [4.78, 5) is 4.27. The van der Waals surface area contributed by atoms with E-state index in [9.17, 15) is 0 Å². The number of hydrogen-bond donors (Lipinski definition) is 0. The van der Waals surface area contributed by atoms with Crippen molar-refractivity contribution in [3.05, 3.63) is 35.8 Å². The molecule has 2 aromatic heterocycles. The molecule has 0 aliphatic rings. The van der Waals surface area contributed by atoms with Gasteiger partial charge in [0.25, 0.3) is 0 Å². The Hall–Kier alpha value is -1.64. The second kappa shape index (κ2) is 5.34. The summed E-state index contributed by atoms with van der Waals surface area (Å²) in [5.41, 5.74) is 4.88. The number of aryl methyl sites for hydroxylation is 2. The molecule has 18 heavy (non-hydrogen) atoms. The van der Waals surface area contributed by atoms with Crippen LogP contribution in [0.25, 0.3) is 11.3 Å². The molecule has 0 N–H and O–H groups in total. The van der Waals surface area contributed by atoms with Crippen LogP contribution in [0.1, 0.15) is 44.9 Å². The van der Waals surface area contributed by atoms with Crippen LogP contribution in [0, 0.1) is 0 Å². The van der Waals surface area contributed by atoms with Crippen LogP contribution in [0.2, 0.25) is 0 Å². The van der Waals surface area contributed by atoms with Gasteiger partial charge in [0.2, 0.25) is 0 Å². The zero-order valence-corrected chi connectivity index (χ0v) is 11.6. The van der Waals surface area contributed by atoms with Crippen LogP contribution in [0.15, 0.2) is 24.5 Å². The molecule has 0 spiro atoms. The molecule has 0 aromatic carbocycles. The van der Waals surface area contributed by atoms with Gasteiger partial charge in [0.1, 0.15) is 0 Å². The van der Waals surface area contributed by atoms with E-state index in [0.717, 1.165) is 18.7 Å². The minimum absolute atomic E-state index is 0.494. The fourth-order valence-electron chi connectivity index (χ4n) is 2.22. The van der Waals surface area contributed by atoms with Crippen molar-refractivity contribution < 1.29 is 0 Å². The van der Waals surface area contributed by atoms with E-state index in [1.54, 1.807) is 0 Å². The van der Waals surface area contributed by atoms with E-state index in [2.05, 4.69) is 54.6 Å². The first kappa shape index (κ1) is 12.8. The highest BCUT2D eigenvalue weighted by atomic mass is 15.3. The smallest absolute Gasteiger partial charge is 0.0703 e. The van der Waals surface area contributed by atoms with Crippen molar-refractivity contribution in [2.24, 2.45) is 0 Å². The van der Waals surface area contributed by atoms with Gasteiger partial charge in [-0.2, -0.15) is 5.10 Å². The van der Waals surface area contributed by atoms with Crippen molar-refractivity contribution in [3.63, 3.8) is 0 Å². The second-order valence-corrected chi connectivity index (χ2v) is 4.81. The molecule has 0 fully saturated rings. The maximum absolute atomic E-state index is 4.61. The third-order valence-electron chi connectivity index (χ3n) is 3.25. The van der Waals surface area contributed by atoms with Gasteiger partial charge in [0.05, 0.1) is 11.4 Å². The summed E-state index contributed by atoms with van der Waals surface area (Å²) in [7, 11) is 0. The second-order valence-electron chi connectivity index (χ2n) is 4.81. The molecule has 0 atom stereocenters. The quantitative estimate of drug-likeness (QED) is 0.820. The lowest BCUT2D eigenvalue weighted by Crippen LogP contribution is -2.02. The first-order valence-electron chi connectivity index (χ1n) is 6.68. The van der Waals surface area contributed by atoms with Gasteiger partial charge in [-0.25, -0.2) is 0 Å². The van der Waals surface area contributed by atoms with E-state index in [-0.39, 0.29) is 0 Å². The van der Waals surface area contributed by atoms with Crippen molar-refractivity contribution in [2.75, 3.05) is 0 Å². The molecule has 96 valence electrons. The molecule has 0 radical (unpaired) electrons. The molecule has 0 bridgehead atoms. The maximum Gasteiger partial charge on any atom is 0.0703 e. The summed E-state index contributed by atoms with van der Waals surface area (Å²) in [6.45, 7) is 9.58. The molecule has 2 aromatic rings. The molecule has 0 saturated carbocycles. The summed E-state index contributed by atoms with van der Waals surface area (Å²) in [6.07, 6.45) is 4.79. The van der Waals surface area contributed by atoms with Crippen LogP contribution in [-0.2, 0) is 13.0 Å². The van der Waals surface area contributed by atoms with E-state index < -0.39 is 0 Å². The highest BCUT2D eigenvalue weighted by molar-refractivity contribution is 5.64. The molecule has 0 unspecified atom stereocenters. The maximum atomic E-state index is 4.61. The third kappa shape index (κ3) is 2.30. The first-order valence-corrected chi connectivity index (χ1v) is 6.68. The Morgan fingerprint density at radius 1 is 1.28 bits per heavy atom. The van der Waals surface area contributed by atoms with Crippen molar-refractivity contribution in [2.45, 2.75) is 46.6 Å². The standard InChI is InChI=1S/C15H21N3/c1-5-12-9-15(18(6-2)17-12)14-10-16-8-7-13(14)11(3)4/h7-11H,5-6H2,1-4H3. The van der Waals surface area contributed by atoms with Gasteiger partial charge in [-0.15, -0.1) is 0 Å². The lowest BCUT2D eigenvalue weighted by atomic mass is 9.97. The summed E-state index contributed by atoms with van der Waals surface area (Å²) >= 11 is 0. The van der Waals surface area contributed by atoms with Crippen molar-refractivity contribution in [3.8, 4) is 11.3 Å². The Balaban J connectivity index is 2.57. The third-order valence-corrected chi connectivity index (χ3v) is 3.25. The Bertz CT molecular complexity index is 526. The molecule has 0 amide bonds. The summed E-state index contributed by atoms with van der Waals surface area (Å²) < 4.78 is 2.07. The minimum Gasteiger partial charge on any atom is -0.265 e. The van der Waals surface area contributed by atoms with Gasteiger partial charge in [-0.3, -0.25) is 9.67 Å². The van der Waals surface area contributed by atoms with Crippen LogP contribution in [0.5, 0.6) is 0 Å². The minimum atomic E-state index is 0.494. The Kier molecular flexibility index (Phi) is 3.80. The molecule has 0 aliphatic heterocycles. The summed E-state index contributed by atoms with van der Waals surface area (Å²) in [5.74, 6) is 0.494. The fraction of sp³-hybridized carbons (Fsp3) is 0.467. The Morgan fingerprint density at radius 3 is 2.67 bits per heavy atom. The molecular formula is C15H21N3. The molecule has 3 nitrogen and oxygen atoms in total. The zero-order chi connectivity index (χ0) is 13.1. The van der Waals surface area contributed by atoms with Crippen LogP contribution < -0.4 is 0 Å². The number of pyridine rings is 1. The summed E-state index contributed by atoms with van der Waals surface area (Å²) in [5, 5.41) is 4.61. The SMILES string of the molecule is CCc1cc(-c2cnccc2C(C)C)n(CC)n1. The number of aromatic nitrogens is 3. The van der Waals surface area contributed by atoms with Crippen molar-refractivity contribution >= 4 is 0 Å². The average Bonchev–Trinajstić information content (AvgIpc) is 2.81. The lowest BCUT2D eigenvalue weighted by molar-refractivity contribution is 0.654. The van der Waals surface area contributed by atoms with Gasteiger partial charge < -0.3 is 0 Å². The molecule has 0 aliphatic carbocycles. The highest BCUT2D eigenvalue weighted by Gasteiger charge is 2.13. The number of rotatable bonds is 4. The van der Waals surface area contributed by atoms with Crippen LogP contribution in [0.4, 0.5) is 0 Å². The molecule has 0 saturated heterocycles. The fourth-order valence-corrected chi connectivity index (χ4v) is 2.22. The van der Waals surface area contributed by atoms with E-state index in [4.69, 9.17) is 0 Å². The molecule has 3 heteroatoms. The predicted molar refractivity (Wildman–Crippen MR) is 74.6 cm³/mol. The highest BCUT2D eigenvalue weighted by Crippen LogP contribution is 2.28. The van der Waals surface area contributed by atoms with Gasteiger partial charge in [0, 0.05) is 24.5 Å².